The van der Waals surface area contributed by atoms with E-state index in [0.717, 1.165) is 11.3 Å². The monoisotopic (exact) mass is 221 g/mol. The van der Waals surface area contributed by atoms with E-state index in [1.165, 1.54) is 18.4 Å². The summed E-state index contributed by atoms with van der Waals surface area (Å²) in [5.41, 5.74) is 3.36. The van der Waals surface area contributed by atoms with E-state index in [9.17, 15) is 5.11 Å². The Kier molecular flexibility index (Phi) is 4.81. The molecule has 0 saturated heterocycles. The summed E-state index contributed by atoms with van der Waals surface area (Å²) in [7, 11) is 2.10. The maximum atomic E-state index is 9.38. The lowest BCUT2D eigenvalue weighted by molar-refractivity contribution is 0.282. The molecule has 0 bridgehead atoms. The smallest absolute Gasteiger partial charge is 0.0702 e. The molecule has 2 nitrogen and oxygen atoms in total. The molecule has 0 heterocycles. The van der Waals surface area contributed by atoms with Crippen LogP contribution in [-0.4, -0.2) is 18.2 Å². The van der Waals surface area contributed by atoms with Crippen molar-refractivity contribution in [3.63, 3.8) is 0 Å². The molecule has 1 atom stereocenters. The number of hydrogen-bond donors (Lipinski definition) is 1. The minimum atomic E-state index is 0.111. The molecule has 1 unspecified atom stereocenters. The first-order chi connectivity index (χ1) is 7.60. The van der Waals surface area contributed by atoms with E-state index in [0.29, 0.717) is 6.04 Å². The molecule has 16 heavy (non-hydrogen) atoms. The van der Waals surface area contributed by atoms with Gasteiger partial charge in [0.15, 0.2) is 0 Å². The summed E-state index contributed by atoms with van der Waals surface area (Å²) in [5.74, 6) is 0. The minimum absolute atomic E-state index is 0.111. The lowest BCUT2D eigenvalue weighted by Crippen LogP contribution is -2.29. The maximum absolute atomic E-state index is 9.38. The summed E-state index contributed by atoms with van der Waals surface area (Å²) in [5, 5.41) is 9.38. The van der Waals surface area contributed by atoms with Gasteiger partial charge < -0.3 is 10.0 Å². The minimum Gasteiger partial charge on any atom is -0.392 e. The second-order valence-corrected chi connectivity index (χ2v) is 4.54. The third-order valence-electron chi connectivity index (χ3n) is 3.15. The SMILES string of the molecule is CCCC(C)N(C)c1ccc(C)cc1CO. The van der Waals surface area contributed by atoms with Crippen LogP contribution >= 0.6 is 0 Å². The van der Waals surface area contributed by atoms with Crippen LogP contribution in [0.2, 0.25) is 0 Å². The summed E-state index contributed by atoms with van der Waals surface area (Å²) in [6.07, 6.45) is 2.36. The fourth-order valence-electron chi connectivity index (χ4n) is 2.03. The highest BCUT2D eigenvalue weighted by atomic mass is 16.3. The van der Waals surface area contributed by atoms with Crippen LogP contribution in [0, 0.1) is 6.92 Å². The summed E-state index contributed by atoms with van der Waals surface area (Å²) in [6.45, 7) is 6.59. The van der Waals surface area contributed by atoms with E-state index in [-0.39, 0.29) is 6.61 Å². The molecule has 1 aromatic carbocycles. The fraction of sp³-hybridized carbons (Fsp3) is 0.571. The van der Waals surface area contributed by atoms with Crippen molar-refractivity contribution in [1.29, 1.82) is 0 Å². The van der Waals surface area contributed by atoms with Crippen LogP contribution in [0.5, 0.6) is 0 Å². The summed E-state index contributed by atoms with van der Waals surface area (Å²) in [4.78, 5) is 2.26. The fourth-order valence-corrected chi connectivity index (χ4v) is 2.03. The molecule has 0 amide bonds. The summed E-state index contributed by atoms with van der Waals surface area (Å²) < 4.78 is 0. The number of aryl methyl sites for hydroxylation is 1. The van der Waals surface area contributed by atoms with E-state index in [2.05, 4.69) is 50.9 Å². The van der Waals surface area contributed by atoms with Gasteiger partial charge in [0.2, 0.25) is 0 Å². The molecule has 1 rings (SSSR count). The van der Waals surface area contributed by atoms with Gasteiger partial charge in [0.05, 0.1) is 6.61 Å². The van der Waals surface area contributed by atoms with E-state index in [1.807, 2.05) is 0 Å². The summed E-state index contributed by atoms with van der Waals surface area (Å²) >= 11 is 0. The molecule has 0 aliphatic heterocycles. The van der Waals surface area contributed by atoms with Crippen LogP contribution in [0.1, 0.15) is 37.8 Å². The van der Waals surface area contributed by atoms with Crippen molar-refractivity contribution in [3.8, 4) is 0 Å². The van der Waals surface area contributed by atoms with Gasteiger partial charge in [-0.25, -0.2) is 0 Å². The Labute approximate surface area is 98.9 Å². The topological polar surface area (TPSA) is 23.5 Å². The zero-order valence-electron chi connectivity index (χ0n) is 10.8. The van der Waals surface area contributed by atoms with Crippen molar-refractivity contribution < 1.29 is 5.11 Å². The van der Waals surface area contributed by atoms with Crippen LogP contribution in [0.25, 0.3) is 0 Å². The van der Waals surface area contributed by atoms with Gasteiger partial charge in [-0.15, -0.1) is 0 Å². The van der Waals surface area contributed by atoms with Crippen LogP contribution in [0.3, 0.4) is 0 Å². The molecule has 0 fully saturated rings. The van der Waals surface area contributed by atoms with Crippen LogP contribution in [-0.2, 0) is 6.61 Å². The molecule has 1 aromatic rings. The molecule has 0 aliphatic carbocycles. The molecule has 1 N–H and O–H groups in total. The predicted octanol–water partition coefficient (Wildman–Crippen LogP) is 3.11. The molecule has 0 aliphatic rings. The normalized spacial score (nSPS) is 12.6. The Hall–Kier alpha value is -1.02. The van der Waals surface area contributed by atoms with Gasteiger partial charge in [0, 0.05) is 24.3 Å². The average molecular weight is 221 g/mol. The molecule has 2 heteroatoms. The first kappa shape index (κ1) is 13.0. The number of aliphatic hydroxyl groups excluding tert-OH is 1. The van der Waals surface area contributed by atoms with Crippen molar-refractivity contribution in [3.05, 3.63) is 29.3 Å². The quantitative estimate of drug-likeness (QED) is 0.826. The first-order valence-corrected chi connectivity index (χ1v) is 6.03. The molecule has 0 radical (unpaired) electrons. The Balaban J connectivity index is 2.93. The highest BCUT2D eigenvalue weighted by molar-refractivity contribution is 5.54. The summed E-state index contributed by atoms with van der Waals surface area (Å²) in [6, 6.07) is 6.78. The van der Waals surface area contributed by atoms with Crippen LogP contribution in [0.15, 0.2) is 18.2 Å². The Morgan fingerprint density at radius 1 is 1.38 bits per heavy atom. The average Bonchev–Trinajstić information content (AvgIpc) is 2.28. The molecular formula is C14H23NO. The molecule has 90 valence electrons. The largest absolute Gasteiger partial charge is 0.392 e. The maximum Gasteiger partial charge on any atom is 0.0702 e. The number of nitrogens with zero attached hydrogens (tertiary/aromatic N) is 1. The Morgan fingerprint density at radius 2 is 2.06 bits per heavy atom. The third-order valence-corrected chi connectivity index (χ3v) is 3.15. The van der Waals surface area contributed by atoms with Crippen molar-refractivity contribution >= 4 is 5.69 Å². The molecule has 0 spiro atoms. The van der Waals surface area contributed by atoms with E-state index in [4.69, 9.17) is 0 Å². The van der Waals surface area contributed by atoms with Crippen molar-refractivity contribution in [1.82, 2.24) is 0 Å². The van der Waals surface area contributed by atoms with Crippen molar-refractivity contribution in [2.75, 3.05) is 11.9 Å². The molecule has 0 saturated carbocycles. The standard InChI is InChI=1S/C14H23NO/c1-5-6-12(3)15(4)14-8-7-11(2)9-13(14)10-16/h7-9,12,16H,5-6,10H2,1-4H3. The lowest BCUT2D eigenvalue weighted by atomic mass is 10.1. The van der Waals surface area contributed by atoms with Gasteiger partial charge in [-0.05, 0) is 26.3 Å². The number of rotatable bonds is 5. The van der Waals surface area contributed by atoms with Gasteiger partial charge in [-0.1, -0.05) is 31.0 Å². The van der Waals surface area contributed by atoms with Gasteiger partial charge >= 0.3 is 0 Å². The zero-order valence-corrected chi connectivity index (χ0v) is 10.8. The molecule has 0 aromatic heterocycles. The van der Waals surface area contributed by atoms with E-state index in [1.54, 1.807) is 0 Å². The van der Waals surface area contributed by atoms with Gasteiger partial charge in [-0.2, -0.15) is 0 Å². The third kappa shape index (κ3) is 2.99. The van der Waals surface area contributed by atoms with Gasteiger partial charge in [0.1, 0.15) is 0 Å². The van der Waals surface area contributed by atoms with E-state index >= 15 is 0 Å². The highest BCUT2D eigenvalue weighted by Crippen LogP contribution is 2.23. The van der Waals surface area contributed by atoms with Crippen LogP contribution in [0.4, 0.5) is 5.69 Å². The number of aliphatic hydroxyl groups is 1. The predicted molar refractivity (Wildman–Crippen MR) is 69.9 cm³/mol. The van der Waals surface area contributed by atoms with Crippen LogP contribution < -0.4 is 4.90 Å². The molecular weight excluding hydrogens is 198 g/mol. The number of anilines is 1. The number of benzene rings is 1. The second-order valence-electron chi connectivity index (χ2n) is 4.54. The lowest BCUT2D eigenvalue weighted by Gasteiger charge is -2.28. The van der Waals surface area contributed by atoms with Crippen molar-refractivity contribution in [2.45, 2.75) is 46.3 Å². The van der Waals surface area contributed by atoms with E-state index < -0.39 is 0 Å². The van der Waals surface area contributed by atoms with Gasteiger partial charge in [-0.3, -0.25) is 0 Å². The Morgan fingerprint density at radius 3 is 2.62 bits per heavy atom. The first-order valence-electron chi connectivity index (χ1n) is 6.03. The highest BCUT2D eigenvalue weighted by Gasteiger charge is 2.12. The van der Waals surface area contributed by atoms with Crippen molar-refractivity contribution in [2.24, 2.45) is 0 Å². The van der Waals surface area contributed by atoms with Gasteiger partial charge in [0.25, 0.3) is 0 Å². The zero-order chi connectivity index (χ0) is 12.1. The number of hydrogen-bond acceptors (Lipinski definition) is 2. The second kappa shape index (κ2) is 5.90. The Bertz CT molecular complexity index is 336.